The molecule has 1 N–H and O–H groups in total. The number of hydrogen-bond acceptors (Lipinski definition) is 3. The average Bonchev–Trinajstić information content (AvgIpc) is 2.86. The van der Waals surface area contributed by atoms with Crippen LogP contribution in [0.25, 0.3) is 0 Å². The Hall–Kier alpha value is -1.09. The number of rotatable bonds is 5. The van der Waals surface area contributed by atoms with Crippen molar-refractivity contribution in [2.45, 2.75) is 52.1 Å². The molecule has 1 saturated heterocycles. The van der Waals surface area contributed by atoms with Gasteiger partial charge in [0.25, 0.3) is 0 Å². The van der Waals surface area contributed by atoms with Crippen LogP contribution in [0.3, 0.4) is 0 Å². The number of aromatic nitrogens is 1. The molecule has 2 rings (SSSR count). The third-order valence-corrected chi connectivity index (χ3v) is 3.70. The SMILES string of the molecule is CCCNc1ncccc1[C@H]1CCCN1C(C)C. The summed E-state index contributed by atoms with van der Waals surface area (Å²) < 4.78 is 0. The third-order valence-electron chi connectivity index (χ3n) is 3.70. The van der Waals surface area contributed by atoms with E-state index < -0.39 is 0 Å². The Morgan fingerprint density at radius 2 is 2.33 bits per heavy atom. The van der Waals surface area contributed by atoms with Crippen LogP contribution in [-0.4, -0.2) is 29.0 Å². The van der Waals surface area contributed by atoms with Gasteiger partial charge in [-0.3, -0.25) is 4.90 Å². The molecule has 0 saturated carbocycles. The lowest BCUT2D eigenvalue weighted by molar-refractivity contribution is 0.206. The molecule has 18 heavy (non-hydrogen) atoms. The second-order valence-corrected chi connectivity index (χ2v) is 5.36. The molecule has 0 bridgehead atoms. The molecule has 3 nitrogen and oxygen atoms in total. The van der Waals surface area contributed by atoms with Crippen LogP contribution in [0.2, 0.25) is 0 Å². The predicted molar refractivity (Wildman–Crippen MR) is 76.8 cm³/mol. The van der Waals surface area contributed by atoms with E-state index in [2.05, 4.69) is 48.1 Å². The average molecular weight is 247 g/mol. The lowest BCUT2D eigenvalue weighted by atomic mass is 10.0. The summed E-state index contributed by atoms with van der Waals surface area (Å²) in [6.45, 7) is 8.97. The Kier molecular flexibility index (Phi) is 4.59. The fourth-order valence-corrected chi connectivity index (χ4v) is 2.82. The molecule has 1 aliphatic rings. The summed E-state index contributed by atoms with van der Waals surface area (Å²) in [5.41, 5.74) is 1.37. The molecule has 0 spiro atoms. The number of hydrogen-bond donors (Lipinski definition) is 1. The van der Waals surface area contributed by atoms with Gasteiger partial charge < -0.3 is 5.32 Å². The van der Waals surface area contributed by atoms with Crippen molar-refractivity contribution in [3.8, 4) is 0 Å². The Bertz CT molecular complexity index is 376. The number of nitrogens with zero attached hydrogens (tertiary/aromatic N) is 2. The fourth-order valence-electron chi connectivity index (χ4n) is 2.82. The molecule has 100 valence electrons. The van der Waals surface area contributed by atoms with Gasteiger partial charge in [0.2, 0.25) is 0 Å². The zero-order chi connectivity index (χ0) is 13.0. The van der Waals surface area contributed by atoms with Gasteiger partial charge in [0.05, 0.1) is 0 Å². The normalized spacial score (nSPS) is 20.6. The number of anilines is 1. The van der Waals surface area contributed by atoms with Crippen molar-refractivity contribution in [1.29, 1.82) is 0 Å². The number of nitrogens with one attached hydrogen (secondary N) is 1. The first-order valence-electron chi connectivity index (χ1n) is 7.18. The molecule has 2 heterocycles. The first-order chi connectivity index (χ1) is 8.74. The molecule has 0 amide bonds. The summed E-state index contributed by atoms with van der Waals surface area (Å²) in [7, 11) is 0. The van der Waals surface area contributed by atoms with Gasteiger partial charge in [0.1, 0.15) is 5.82 Å². The molecule has 0 unspecified atom stereocenters. The number of pyridine rings is 1. The maximum absolute atomic E-state index is 4.52. The smallest absolute Gasteiger partial charge is 0.130 e. The topological polar surface area (TPSA) is 28.2 Å². The molecule has 1 fully saturated rings. The van der Waals surface area contributed by atoms with Crippen LogP contribution in [0.15, 0.2) is 18.3 Å². The van der Waals surface area contributed by atoms with Crippen LogP contribution >= 0.6 is 0 Å². The summed E-state index contributed by atoms with van der Waals surface area (Å²) in [5, 5.41) is 3.46. The van der Waals surface area contributed by atoms with E-state index in [4.69, 9.17) is 0 Å². The zero-order valence-electron chi connectivity index (χ0n) is 11.8. The molecule has 1 aromatic rings. The first-order valence-corrected chi connectivity index (χ1v) is 7.18. The van der Waals surface area contributed by atoms with Gasteiger partial charge in [-0.2, -0.15) is 0 Å². The largest absolute Gasteiger partial charge is 0.370 e. The maximum Gasteiger partial charge on any atom is 0.130 e. The minimum absolute atomic E-state index is 0.540. The molecule has 3 heteroatoms. The van der Waals surface area contributed by atoms with E-state index >= 15 is 0 Å². The molecule has 0 aromatic carbocycles. The van der Waals surface area contributed by atoms with Crippen LogP contribution < -0.4 is 5.32 Å². The minimum Gasteiger partial charge on any atom is -0.370 e. The maximum atomic E-state index is 4.52. The summed E-state index contributed by atoms with van der Waals surface area (Å²) >= 11 is 0. The fraction of sp³-hybridized carbons (Fsp3) is 0.667. The number of likely N-dealkylation sites (tertiary alicyclic amines) is 1. The molecule has 0 radical (unpaired) electrons. The third kappa shape index (κ3) is 2.83. The highest BCUT2D eigenvalue weighted by Gasteiger charge is 2.29. The Morgan fingerprint density at radius 3 is 3.06 bits per heavy atom. The summed E-state index contributed by atoms with van der Waals surface area (Å²) in [4.78, 5) is 7.11. The van der Waals surface area contributed by atoms with Crippen LogP contribution in [0.4, 0.5) is 5.82 Å². The lowest BCUT2D eigenvalue weighted by Gasteiger charge is -2.29. The summed E-state index contributed by atoms with van der Waals surface area (Å²) in [6.07, 6.45) is 5.57. The van der Waals surface area contributed by atoms with Crippen LogP contribution in [-0.2, 0) is 0 Å². The van der Waals surface area contributed by atoms with Gasteiger partial charge in [-0.05, 0) is 45.7 Å². The van der Waals surface area contributed by atoms with Gasteiger partial charge in [0, 0.05) is 30.4 Å². The van der Waals surface area contributed by atoms with Gasteiger partial charge in [0.15, 0.2) is 0 Å². The monoisotopic (exact) mass is 247 g/mol. The lowest BCUT2D eigenvalue weighted by Crippen LogP contribution is -2.30. The molecule has 1 aromatic heterocycles. The highest BCUT2D eigenvalue weighted by molar-refractivity contribution is 5.46. The van der Waals surface area contributed by atoms with Gasteiger partial charge in [-0.1, -0.05) is 13.0 Å². The molecule has 0 aliphatic carbocycles. The van der Waals surface area contributed by atoms with Crippen molar-refractivity contribution < 1.29 is 0 Å². The molecule has 1 aliphatic heterocycles. The second-order valence-electron chi connectivity index (χ2n) is 5.36. The van der Waals surface area contributed by atoms with Gasteiger partial charge >= 0.3 is 0 Å². The molecular formula is C15H25N3. The van der Waals surface area contributed by atoms with E-state index in [0.717, 1.165) is 18.8 Å². The first kappa shape index (κ1) is 13.3. The van der Waals surface area contributed by atoms with Crippen LogP contribution in [0.1, 0.15) is 51.6 Å². The summed E-state index contributed by atoms with van der Waals surface area (Å²) in [6, 6.07) is 5.44. The standard InChI is InChI=1S/C15H25N3/c1-4-9-16-15-13(7-5-10-17-15)14-8-6-11-18(14)12(2)3/h5,7,10,12,14H,4,6,8-9,11H2,1-3H3,(H,16,17)/t14-/m1/s1. The quantitative estimate of drug-likeness (QED) is 0.864. The van der Waals surface area contributed by atoms with E-state index in [1.807, 2.05) is 6.20 Å². The predicted octanol–water partition coefficient (Wildman–Crippen LogP) is 3.45. The highest BCUT2D eigenvalue weighted by atomic mass is 15.2. The minimum atomic E-state index is 0.540. The van der Waals surface area contributed by atoms with Crippen molar-refractivity contribution >= 4 is 5.82 Å². The summed E-state index contributed by atoms with van der Waals surface area (Å²) in [5.74, 6) is 1.08. The Balaban J connectivity index is 2.21. The van der Waals surface area contributed by atoms with E-state index in [9.17, 15) is 0 Å². The highest BCUT2D eigenvalue weighted by Crippen LogP contribution is 2.36. The van der Waals surface area contributed by atoms with Crippen molar-refractivity contribution in [3.05, 3.63) is 23.9 Å². The van der Waals surface area contributed by atoms with Crippen molar-refractivity contribution in [3.63, 3.8) is 0 Å². The van der Waals surface area contributed by atoms with Crippen molar-refractivity contribution in [2.24, 2.45) is 0 Å². The van der Waals surface area contributed by atoms with Gasteiger partial charge in [-0.25, -0.2) is 4.98 Å². The Labute approximate surface area is 111 Å². The van der Waals surface area contributed by atoms with Crippen molar-refractivity contribution in [2.75, 3.05) is 18.4 Å². The van der Waals surface area contributed by atoms with Crippen molar-refractivity contribution in [1.82, 2.24) is 9.88 Å². The van der Waals surface area contributed by atoms with E-state index in [1.54, 1.807) is 0 Å². The van der Waals surface area contributed by atoms with E-state index in [1.165, 1.54) is 24.9 Å². The zero-order valence-corrected chi connectivity index (χ0v) is 11.8. The Morgan fingerprint density at radius 1 is 1.50 bits per heavy atom. The van der Waals surface area contributed by atoms with Gasteiger partial charge in [-0.15, -0.1) is 0 Å². The van der Waals surface area contributed by atoms with E-state index in [0.29, 0.717) is 12.1 Å². The second kappa shape index (κ2) is 6.19. The van der Waals surface area contributed by atoms with Crippen LogP contribution in [0.5, 0.6) is 0 Å². The molecular weight excluding hydrogens is 222 g/mol. The van der Waals surface area contributed by atoms with Crippen LogP contribution in [0, 0.1) is 0 Å². The van der Waals surface area contributed by atoms with E-state index in [-0.39, 0.29) is 0 Å². The molecule has 1 atom stereocenters.